The molecule has 2 rings (SSSR count). The predicted octanol–water partition coefficient (Wildman–Crippen LogP) is 4.69. The summed E-state index contributed by atoms with van der Waals surface area (Å²) in [4.78, 5) is 1.08. The molecule has 90 valence electrons. The van der Waals surface area contributed by atoms with Gasteiger partial charge in [-0.05, 0) is 39.7 Å². The number of hydrogen-bond acceptors (Lipinski definition) is 2. The molecule has 0 saturated carbocycles. The Morgan fingerprint density at radius 2 is 2.06 bits per heavy atom. The van der Waals surface area contributed by atoms with Gasteiger partial charge in [-0.3, -0.25) is 0 Å². The average molecular weight is 380 g/mol. The summed E-state index contributed by atoms with van der Waals surface area (Å²) < 4.78 is 14.5. The Hall–Kier alpha value is -0.230. The van der Waals surface area contributed by atoms with Crippen LogP contribution in [0.25, 0.3) is 0 Å². The van der Waals surface area contributed by atoms with Crippen molar-refractivity contribution in [2.75, 3.05) is 0 Å². The lowest BCUT2D eigenvalue weighted by Gasteiger charge is -2.11. The van der Waals surface area contributed by atoms with Gasteiger partial charge in [0, 0.05) is 25.6 Å². The van der Waals surface area contributed by atoms with E-state index in [4.69, 9.17) is 0 Å². The van der Waals surface area contributed by atoms with Crippen molar-refractivity contribution in [1.29, 1.82) is 0 Å². The van der Waals surface area contributed by atoms with Gasteiger partial charge in [-0.15, -0.1) is 11.3 Å². The molecule has 1 atom stereocenters. The van der Waals surface area contributed by atoms with Gasteiger partial charge in [-0.25, -0.2) is 4.39 Å². The van der Waals surface area contributed by atoms with Gasteiger partial charge < -0.3 is 5.11 Å². The molecule has 5 heteroatoms. The zero-order valence-corrected chi connectivity index (χ0v) is 12.6. The summed E-state index contributed by atoms with van der Waals surface area (Å²) in [6.45, 7) is 0. The van der Waals surface area contributed by atoms with Crippen LogP contribution in [0.3, 0.4) is 0 Å². The van der Waals surface area contributed by atoms with Crippen LogP contribution in [-0.2, 0) is 6.42 Å². The summed E-state index contributed by atoms with van der Waals surface area (Å²) in [6, 6.07) is 6.30. The third-order valence-electron chi connectivity index (χ3n) is 2.34. The first kappa shape index (κ1) is 13.2. The van der Waals surface area contributed by atoms with E-state index in [1.54, 1.807) is 17.4 Å². The van der Waals surface area contributed by atoms with Crippen molar-refractivity contribution in [2.24, 2.45) is 0 Å². The number of aliphatic hydroxyl groups is 1. The third-order valence-corrected chi connectivity index (χ3v) is 4.74. The fourth-order valence-corrected chi connectivity index (χ4v) is 3.64. The summed E-state index contributed by atoms with van der Waals surface area (Å²) in [5.74, 6) is -0.313. The van der Waals surface area contributed by atoms with Crippen LogP contribution in [0.15, 0.2) is 38.6 Å². The second-order valence-electron chi connectivity index (χ2n) is 3.62. The fourth-order valence-electron chi connectivity index (χ4n) is 1.53. The van der Waals surface area contributed by atoms with Crippen molar-refractivity contribution in [3.05, 3.63) is 54.8 Å². The molecule has 1 aromatic heterocycles. The molecule has 0 spiro atoms. The van der Waals surface area contributed by atoms with Gasteiger partial charge in [0.15, 0.2) is 0 Å². The number of hydrogen-bond donors (Lipinski definition) is 1. The van der Waals surface area contributed by atoms with Crippen molar-refractivity contribution in [3.8, 4) is 0 Å². The van der Waals surface area contributed by atoms with Crippen LogP contribution in [0.4, 0.5) is 4.39 Å². The lowest BCUT2D eigenvalue weighted by molar-refractivity contribution is 0.178. The molecular formula is C12H9Br2FOS. The SMILES string of the molecule is OC(Cc1cc(Br)cs1)c1ccc(F)cc1Br. The molecular weight excluding hydrogens is 371 g/mol. The highest BCUT2D eigenvalue weighted by Gasteiger charge is 2.13. The standard InChI is InChI=1S/C12H9Br2FOS/c13-7-3-9(17-6-7)5-12(16)10-2-1-8(15)4-11(10)14/h1-4,6,12,16H,5H2. The van der Waals surface area contributed by atoms with Gasteiger partial charge >= 0.3 is 0 Å². The van der Waals surface area contributed by atoms with Crippen molar-refractivity contribution in [3.63, 3.8) is 0 Å². The Bertz CT molecular complexity index is 527. The van der Waals surface area contributed by atoms with E-state index in [9.17, 15) is 9.50 Å². The van der Waals surface area contributed by atoms with Crippen molar-refractivity contribution in [2.45, 2.75) is 12.5 Å². The van der Waals surface area contributed by atoms with Gasteiger partial charge in [0.25, 0.3) is 0 Å². The van der Waals surface area contributed by atoms with E-state index >= 15 is 0 Å². The number of benzene rings is 1. The minimum Gasteiger partial charge on any atom is -0.388 e. The molecule has 0 aliphatic carbocycles. The highest BCUT2D eigenvalue weighted by atomic mass is 79.9. The summed E-state index contributed by atoms with van der Waals surface area (Å²) in [5.41, 5.74) is 0.705. The monoisotopic (exact) mass is 378 g/mol. The predicted molar refractivity (Wildman–Crippen MR) is 74.8 cm³/mol. The smallest absolute Gasteiger partial charge is 0.124 e. The summed E-state index contributed by atoms with van der Waals surface area (Å²) in [7, 11) is 0. The van der Waals surface area contributed by atoms with Crippen LogP contribution >= 0.6 is 43.2 Å². The molecule has 1 heterocycles. The highest BCUT2D eigenvalue weighted by Crippen LogP contribution is 2.29. The summed E-state index contributed by atoms with van der Waals surface area (Å²) in [6.07, 6.45) is -0.101. The fraction of sp³-hybridized carbons (Fsp3) is 0.167. The molecule has 0 amide bonds. The van der Waals surface area contributed by atoms with Gasteiger partial charge in [0.2, 0.25) is 0 Å². The van der Waals surface area contributed by atoms with Crippen LogP contribution in [0.2, 0.25) is 0 Å². The average Bonchev–Trinajstić information content (AvgIpc) is 2.63. The Morgan fingerprint density at radius 3 is 2.65 bits per heavy atom. The van der Waals surface area contributed by atoms with E-state index in [1.807, 2.05) is 11.4 Å². The van der Waals surface area contributed by atoms with Gasteiger partial charge in [0.05, 0.1) is 6.10 Å². The molecule has 0 saturated heterocycles. The van der Waals surface area contributed by atoms with E-state index < -0.39 is 6.10 Å². The number of rotatable bonds is 3. The molecule has 17 heavy (non-hydrogen) atoms. The summed E-state index contributed by atoms with van der Waals surface area (Å²) in [5, 5.41) is 12.1. The van der Waals surface area contributed by atoms with Crippen LogP contribution in [-0.4, -0.2) is 5.11 Å². The lowest BCUT2D eigenvalue weighted by Crippen LogP contribution is -2.01. The maximum Gasteiger partial charge on any atom is 0.124 e. The molecule has 2 aromatic rings. The molecule has 1 nitrogen and oxygen atoms in total. The van der Waals surface area contributed by atoms with Crippen molar-refractivity contribution in [1.82, 2.24) is 0 Å². The topological polar surface area (TPSA) is 20.2 Å². The van der Waals surface area contributed by atoms with E-state index in [-0.39, 0.29) is 5.82 Å². The molecule has 0 radical (unpaired) electrons. The Kier molecular flexibility index (Phi) is 4.36. The quantitative estimate of drug-likeness (QED) is 0.820. The second kappa shape index (κ2) is 5.61. The molecule has 0 aliphatic heterocycles. The molecule has 0 bridgehead atoms. The van der Waals surface area contributed by atoms with Crippen LogP contribution in [0, 0.1) is 5.82 Å². The first-order valence-corrected chi connectivity index (χ1v) is 7.39. The van der Waals surface area contributed by atoms with E-state index in [1.165, 1.54) is 12.1 Å². The Morgan fingerprint density at radius 1 is 1.29 bits per heavy atom. The first-order valence-electron chi connectivity index (χ1n) is 4.92. The largest absolute Gasteiger partial charge is 0.388 e. The molecule has 1 N–H and O–H groups in total. The van der Waals surface area contributed by atoms with E-state index in [0.717, 1.165) is 9.35 Å². The number of halogens is 3. The minimum atomic E-state index is -0.629. The molecule has 0 aliphatic rings. The number of aliphatic hydroxyl groups excluding tert-OH is 1. The molecule has 1 unspecified atom stereocenters. The van der Waals surface area contributed by atoms with Crippen LogP contribution < -0.4 is 0 Å². The van der Waals surface area contributed by atoms with Gasteiger partial charge in [-0.1, -0.05) is 22.0 Å². The van der Waals surface area contributed by atoms with Crippen molar-refractivity contribution < 1.29 is 9.50 Å². The van der Waals surface area contributed by atoms with Crippen LogP contribution in [0.5, 0.6) is 0 Å². The zero-order valence-electron chi connectivity index (χ0n) is 8.66. The third kappa shape index (κ3) is 3.37. The normalized spacial score (nSPS) is 12.7. The molecule has 0 fully saturated rings. The Labute approximate surface area is 120 Å². The van der Waals surface area contributed by atoms with Crippen LogP contribution in [0.1, 0.15) is 16.5 Å². The van der Waals surface area contributed by atoms with Gasteiger partial charge in [0.1, 0.15) is 5.82 Å². The minimum absolute atomic E-state index is 0.313. The highest BCUT2D eigenvalue weighted by molar-refractivity contribution is 9.10. The van der Waals surface area contributed by atoms with Crippen molar-refractivity contribution >= 4 is 43.2 Å². The zero-order chi connectivity index (χ0) is 12.4. The van der Waals surface area contributed by atoms with Gasteiger partial charge in [-0.2, -0.15) is 0 Å². The van der Waals surface area contributed by atoms with E-state index in [0.29, 0.717) is 16.5 Å². The first-order chi connectivity index (χ1) is 8.06. The molecule has 1 aromatic carbocycles. The number of thiophene rings is 1. The second-order valence-corrected chi connectivity index (χ2v) is 6.38. The maximum absolute atomic E-state index is 12.9. The lowest BCUT2D eigenvalue weighted by atomic mass is 10.1. The maximum atomic E-state index is 12.9. The van der Waals surface area contributed by atoms with E-state index in [2.05, 4.69) is 31.9 Å². The Balaban J connectivity index is 2.17. The summed E-state index contributed by atoms with van der Waals surface area (Å²) >= 11 is 8.22.